The Morgan fingerprint density at radius 2 is 2.05 bits per heavy atom. The Morgan fingerprint density at radius 1 is 1.25 bits per heavy atom. The smallest absolute Gasteiger partial charge is 0.165 e. The van der Waals surface area contributed by atoms with Crippen LogP contribution in [0.4, 0.5) is 10.1 Å². The minimum atomic E-state index is -0.555. The van der Waals surface area contributed by atoms with Crippen LogP contribution in [-0.2, 0) is 13.0 Å². The standard InChI is InChI=1S/C17H18FNO/c1-12-8-14-4-2-3-5-16(14)19(10-12)11-13-6-7-17(20)15(18)9-13/h2-7,9,12,20H,8,10-11H2,1H3. The summed E-state index contributed by atoms with van der Waals surface area (Å²) in [5, 5.41) is 9.26. The monoisotopic (exact) mass is 271 g/mol. The minimum Gasteiger partial charge on any atom is -0.505 e. The molecule has 1 aliphatic heterocycles. The normalized spacial score (nSPS) is 17.9. The van der Waals surface area contributed by atoms with Crippen molar-refractivity contribution in [3.63, 3.8) is 0 Å². The second-order valence-corrected chi connectivity index (χ2v) is 5.60. The highest BCUT2D eigenvalue weighted by Crippen LogP contribution is 2.31. The number of hydrogen-bond acceptors (Lipinski definition) is 2. The molecule has 0 amide bonds. The van der Waals surface area contributed by atoms with Crippen LogP contribution in [0.15, 0.2) is 42.5 Å². The molecule has 0 radical (unpaired) electrons. The lowest BCUT2D eigenvalue weighted by Crippen LogP contribution is -2.33. The van der Waals surface area contributed by atoms with Gasteiger partial charge in [0.2, 0.25) is 0 Å². The van der Waals surface area contributed by atoms with Crippen LogP contribution >= 0.6 is 0 Å². The van der Waals surface area contributed by atoms with Crippen molar-refractivity contribution >= 4 is 5.69 Å². The molecule has 104 valence electrons. The maximum absolute atomic E-state index is 13.4. The van der Waals surface area contributed by atoms with Gasteiger partial charge in [-0.15, -0.1) is 0 Å². The maximum atomic E-state index is 13.4. The third-order valence-corrected chi connectivity index (χ3v) is 3.82. The molecule has 20 heavy (non-hydrogen) atoms. The Hall–Kier alpha value is -2.03. The van der Waals surface area contributed by atoms with Gasteiger partial charge >= 0.3 is 0 Å². The van der Waals surface area contributed by atoms with E-state index in [9.17, 15) is 9.50 Å². The lowest BCUT2D eigenvalue weighted by Gasteiger charge is -2.35. The van der Waals surface area contributed by atoms with Crippen molar-refractivity contribution in [2.24, 2.45) is 5.92 Å². The first-order valence-electron chi connectivity index (χ1n) is 6.93. The number of anilines is 1. The Balaban J connectivity index is 1.89. The van der Waals surface area contributed by atoms with Gasteiger partial charge in [-0.25, -0.2) is 4.39 Å². The number of halogens is 1. The lowest BCUT2D eigenvalue weighted by atomic mass is 9.93. The molecule has 0 aliphatic carbocycles. The molecule has 1 unspecified atom stereocenters. The Bertz CT molecular complexity index is 626. The number of fused-ring (bicyclic) bond motifs is 1. The zero-order valence-electron chi connectivity index (χ0n) is 11.5. The minimum absolute atomic E-state index is 0.291. The number of rotatable bonds is 2. The highest BCUT2D eigenvalue weighted by atomic mass is 19.1. The summed E-state index contributed by atoms with van der Waals surface area (Å²) in [7, 11) is 0. The van der Waals surface area contributed by atoms with E-state index in [4.69, 9.17) is 0 Å². The molecule has 2 aromatic rings. The topological polar surface area (TPSA) is 23.5 Å². The quantitative estimate of drug-likeness (QED) is 0.899. The van der Waals surface area contributed by atoms with Crippen LogP contribution < -0.4 is 4.90 Å². The average molecular weight is 271 g/mol. The summed E-state index contributed by atoms with van der Waals surface area (Å²) in [6, 6.07) is 13.0. The molecule has 3 heteroatoms. The predicted molar refractivity (Wildman–Crippen MR) is 78.4 cm³/mol. The first-order chi connectivity index (χ1) is 9.63. The Labute approximate surface area is 118 Å². The van der Waals surface area contributed by atoms with Gasteiger partial charge in [-0.3, -0.25) is 0 Å². The first-order valence-corrected chi connectivity index (χ1v) is 6.93. The Morgan fingerprint density at radius 3 is 2.85 bits per heavy atom. The molecule has 0 spiro atoms. The summed E-state index contributed by atoms with van der Waals surface area (Å²) in [5.74, 6) is -0.256. The highest BCUT2D eigenvalue weighted by Gasteiger charge is 2.21. The molecule has 2 aromatic carbocycles. The molecular formula is C17H18FNO. The summed E-state index contributed by atoms with van der Waals surface area (Å²) in [6.07, 6.45) is 1.09. The van der Waals surface area contributed by atoms with E-state index in [0.29, 0.717) is 12.5 Å². The van der Waals surface area contributed by atoms with Gasteiger partial charge in [0.1, 0.15) is 0 Å². The van der Waals surface area contributed by atoms with Crippen molar-refractivity contribution in [2.45, 2.75) is 19.9 Å². The summed E-state index contributed by atoms with van der Waals surface area (Å²) in [5.41, 5.74) is 3.47. The first kappa shape index (κ1) is 13.0. The molecule has 2 nitrogen and oxygen atoms in total. The molecule has 0 saturated heterocycles. The number of hydrogen-bond donors (Lipinski definition) is 1. The fourth-order valence-corrected chi connectivity index (χ4v) is 2.93. The summed E-state index contributed by atoms with van der Waals surface area (Å²) < 4.78 is 13.4. The molecule has 0 bridgehead atoms. The van der Waals surface area contributed by atoms with Crippen LogP contribution in [0.3, 0.4) is 0 Å². The van der Waals surface area contributed by atoms with Crippen molar-refractivity contribution in [3.8, 4) is 5.75 Å². The van der Waals surface area contributed by atoms with E-state index in [-0.39, 0.29) is 5.75 Å². The summed E-state index contributed by atoms with van der Waals surface area (Å²) in [4.78, 5) is 2.29. The van der Waals surface area contributed by atoms with Crippen molar-refractivity contribution in [1.82, 2.24) is 0 Å². The van der Waals surface area contributed by atoms with Crippen LogP contribution in [0.25, 0.3) is 0 Å². The Kier molecular flexibility index (Phi) is 3.35. The SMILES string of the molecule is CC1Cc2ccccc2N(Cc2ccc(O)c(F)c2)C1. The van der Waals surface area contributed by atoms with Crippen molar-refractivity contribution < 1.29 is 9.50 Å². The zero-order chi connectivity index (χ0) is 14.1. The number of phenols is 1. The van der Waals surface area contributed by atoms with E-state index < -0.39 is 5.82 Å². The fraction of sp³-hybridized carbons (Fsp3) is 0.294. The second-order valence-electron chi connectivity index (χ2n) is 5.60. The molecule has 0 saturated carbocycles. The van der Waals surface area contributed by atoms with Crippen molar-refractivity contribution in [2.75, 3.05) is 11.4 Å². The summed E-state index contributed by atoms with van der Waals surface area (Å²) >= 11 is 0. The molecule has 0 aromatic heterocycles. The number of aromatic hydroxyl groups is 1. The lowest BCUT2D eigenvalue weighted by molar-refractivity contribution is 0.431. The van der Waals surface area contributed by atoms with Gasteiger partial charge < -0.3 is 10.0 Å². The number of para-hydroxylation sites is 1. The molecule has 1 N–H and O–H groups in total. The molecule has 1 aliphatic rings. The van der Waals surface area contributed by atoms with E-state index >= 15 is 0 Å². The van der Waals surface area contributed by atoms with E-state index in [0.717, 1.165) is 18.5 Å². The van der Waals surface area contributed by atoms with E-state index in [1.165, 1.54) is 23.4 Å². The zero-order valence-corrected chi connectivity index (χ0v) is 11.5. The molecule has 1 atom stereocenters. The van der Waals surface area contributed by atoms with Gasteiger partial charge in [0.25, 0.3) is 0 Å². The van der Waals surface area contributed by atoms with Gasteiger partial charge in [0, 0.05) is 18.8 Å². The second kappa shape index (κ2) is 5.16. The molecular weight excluding hydrogens is 253 g/mol. The van der Waals surface area contributed by atoms with Gasteiger partial charge in [-0.1, -0.05) is 31.2 Å². The van der Waals surface area contributed by atoms with Gasteiger partial charge in [-0.2, -0.15) is 0 Å². The fourth-order valence-electron chi connectivity index (χ4n) is 2.93. The van der Waals surface area contributed by atoms with Crippen LogP contribution in [0.5, 0.6) is 5.75 Å². The largest absolute Gasteiger partial charge is 0.505 e. The average Bonchev–Trinajstić information content (AvgIpc) is 2.43. The van der Waals surface area contributed by atoms with Crippen LogP contribution in [0.1, 0.15) is 18.1 Å². The number of phenolic OH excluding ortho intramolecular Hbond substituents is 1. The van der Waals surface area contributed by atoms with Crippen LogP contribution in [0, 0.1) is 11.7 Å². The number of nitrogens with zero attached hydrogens (tertiary/aromatic N) is 1. The molecule has 3 rings (SSSR count). The van der Waals surface area contributed by atoms with Crippen LogP contribution in [0.2, 0.25) is 0 Å². The van der Waals surface area contributed by atoms with E-state index in [1.807, 2.05) is 6.07 Å². The predicted octanol–water partition coefficient (Wildman–Crippen LogP) is 3.73. The van der Waals surface area contributed by atoms with Crippen LogP contribution in [-0.4, -0.2) is 11.7 Å². The highest BCUT2D eigenvalue weighted by molar-refractivity contribution is 5.56. The van der Waals surface area contributed by atoms with Gasteiger partial charge in [-0.05, 0) is 41.7 Å². The molecule has 1 heterocycles. The third-order valence-electron chi connectivity index (χ3n) is 3.82. The molecule has 0 fully saturated rings. The maximum Gasteiger partial charge on any atom is 0.165 e. The number of benzene rings is 2. The van der Waals surface area contributed by atoms with Gasteiger partial charge in [0.15, 0.2) is 11.6 Å². The summed E-state index contributed by atoms with van der Waals surface area (Å²) in [6.45, 7) is 3.87. The van der Waals surface area contributed by atoms with E-state index in [1.54, 1.807) is 6.07 Å². The van der Waals surface area contributed by atoms with Gasteiger partial charge in [0.05, 0.1) is 0 Å². The van der Waals surface area contributed by atoms with Crippen molar-refractivity contribution in [1.29, 1.82) is 0 Å². The third kappa shape index (κ3) is 2.48. The van der Waals surface area contributed by atoms with Crippen molar-refractivity contribution in [3.05, 3.63) is 59.4 Å². The van der Waals surface area contributed by atoms with E-state index in [2.05, 4.69) is 30.0 Å².